The predicted molar refractivity (Wildman–Crippen MR) is 84.2 cm³/mol. The van der Waals surface area contributed by atoms with E-state index >= 15 is 0 Å². The molecule has 0 aliphatic heterocycles. The van der Waals surface area contributed by atoms with Crippen LogP contribution in [0.5, 0.6) is 0 Å². The second-order valence-electron chi connectivity index (χ2n) is 3.77. The van der Waals surface area contributed by atoms with Gasteiger partial charge in [-0.2, -0.15) is 0 Å². The zero-order valence-electron chi connectivity index (χ0n) is 9.74. The van der Waals surface area contributed by atoms with Gasteiger partial charge in [0.2, 0.25) is 0 Å². The van der Waals surface area contributed by atoms with E-state index in [-0.39, 0.29) is 0 Å². The third-order valence-electron chi connectivity index (χ3n) is 2.37. The van der Waals surface area contributed by atoms with E-state index in [1.807, 2.05) is 30.5 Å². The Morgan fingerprint density at radius 3 is 2.94 bits per heavy atom. The van der Waals surface area contributed by atoms with E-state index in [4.69, 9.17) is 18.0 Å². The number of nitrogens with one attached hydrogen (secondary N) is 1. The Hall–Kier alpha value is -0.980. The molecule has 2 rings (SSSR count). The summed E-state index contributed by atoms with van der Waals surface area (Å²) in [5.74, 6) is 0. The van der Waals surface area contributed by atoms with E-state index in [9.17, 15) is 0 Å². The van der Waals surface area contributed by atoms with Crippen LogP contribution in [0.2, 0.25) is 0 Å². The van der Waals surface area contributed by atoms with Crippen LogP contribution in [0.3, 0.4) is 0 Å². The van der Waals surface area contributed by atoms with Crippen LogP contribution < -0.4 is 11.1 Å². The van der Waals surface area contributed by atoms with Gasteiger partial charge in [-0.3, -0.25) is 0 Å². The number of rotatable bonds is 4. The van der Waals surface area contributed by atoms with Crippen molar-refractivity contribution in [2.45, 2.75) is 13.5 Å². The summed E-state index contributed by atoms with van der Waals surface area (Å²) in [5.41, 5.74) is 8.49. The number of anilines is 1. The zero-order valence-corrected chi connectivity index (χ0v) is 13.0. The first kappa shape index (κ1) is 13.5. The third kappa shape index (κ3) is 3.28. The number of aromatic nitrogens is 1. The molecule has 18 heavy (non-hydrogen) atoms. The number of nitrogens with two attached hydrogens (primary N) is 1. The van der Waals surface area contributed by atoms with Crippen molar-refractivity contribution in [3.8, 4) is 0 Å². The van der Waals surface area contributed by atoms with Gasteiger partial charge < -0.3 is 11.1 Å². The van der Waals surface area contributed by atoms with Crippen LogP contribution in [0.4, 0.5) is 5.69 Å². The number of thiazole rings is 1. The average Bonchev–Trinajstić information content (AvgIpc) is 2.72. The van der Waals surface area contributed by atoms with Gasteiger partial charge in [-0.1, -0.05) is 28.1 Å². The SMILES string of the molecule is Cc1nc(CNc2cc(Br)ccc2C(N)=S)cs1. The lowest BCUT2D eigenvalue weighted by Crippen LogP contribution is -2.13. The second kappa shape index (κ2) is 5.77. The van der Waals surface area contributed by atoms with Crippen LogP contribution in [0.1, 0.15) is 16.3 Å². The highest BCUT2D eigenvalue weighted by molar-refractivity contribution is 9.10. The Kier molecular flexibility index (Phi) is 4.31. The van der Waals surface area contributed by atoms with Gasteiger partial charge in [-0.05, 0) is 25.1 Å². The van der Waals surface area contributed by atoms with Crippen molar-refractivity contribution in [2.24, 2.45) is 5.73 Å². The summed E-state index contributed by atoms with van der Waals surface area (Å²) in [6, 6.07) is 5.79. The van der Waals surface area contributed by atoms with Gasteiger partial charge in [0.25, 0.3) is 0 Å². The van der Waals surface area contributed by atoms with Crippen molar-refractivity contribution in [1.29, 1.82) is 0 Å². The van der Waals surface area contributed by atoms with Crippen molar-refractivity contribution >= 4 is 50.2 Å². The lowest BCUT2D eigenvalue weighted by atomic mass is 10.2. The molecular formula is C12H12BrN3S2. The minimum atomic E-state index is 0.388. The minimum Gasteiger partial charge on any atom is -0.389 e. The van der Waals surface area contributed by atoms with Crippen LogP contribution >= 0.6 is 39.5 Å². The minimum absolute atomic E-state index is 0.388. The van der Waals surface area contributed by atoms with E-state index in [1.165, 1.54) is 0 Å². The molecule has 2 aromatic rings. The molecule has 0 amide bonds. The van der Waals surface area contributed by atoms with Gasteiger partial charge in [-0.15, -0.1) is 11.3 Å². The van der Waals surface area contributed by atoms with Crippen LogP contribution in [0.15, 0.2) is 28.1 Å². The fourth-order valence-electron chi connectivity index (χ4n) is 1.55. The summed E-state index contributed by atoms with van der Waals surface area (Å²) in [6.07, 6.45) is 0. The molecule has 0 unspecified atom stereocenters. The zero-order chi connectivity index (χ0) is 13.1. The number of halogens is 1. The second-order valence-corrected chi connectivity index (χ2v) is 6.18. The Labute approximate surface area is 124 Å². The van der Waals surface area contributed by atoms with Crippen molar-refractivity contribution < 1.29 is 0 Å². The van der Waals surface area contributed by atoms with Crippen molar-refractivity contribution in [3.63, 3.8) is 0 Å². The van der Waals surface area contributed by atoms with Gasteiger partial charge in [0.05, 0.1) is 17.2 Å². The molecule has 0 aliphatic carbocycles. The number of thiocarbonyl (C=S) groups is 1. The molecule has 1 aromatic carbocycles. The first-order valence-corrected chi connectivity index (χ1v) is 7.38. The Morgan fingerprint density at radius 2 is 2.33 bits per heavy atom. The predicted octanol–water partition coefficient (Wildman–Crippen LogP) is 3.46. The van der Waals surface area contributed by atoms with E-state index in [1.54, 1.807) is 11.3 Å². The molecular weight excluding hydrogens is 330 g/mol. The van der Waals surface area contributed by atoms with Gasteiger partial charge >= 0.3 is 0 Å². The lowest BCUT2D eigenvalue weighted by molar-refractivity contribution is 1.05. The molecule has 3 N–H and O–H groups in total. The standard InChI is InChI=1S/C12H12BrN3S2/c1-7-16-9(6-18-7)5-15-11-4-8(13)2-3-10(11)12(14)17/h2-4,6,15H,5H2,1H3,(H2,14,17). The lowest BCUT2D eigenvalue weighted by Gasteiger charge is -2.10. The molecule has 94 valence electrons. The van der Waals surface area contributed by atoms with E-state index in [0.29, 0.717) is 11.5 Å². The smallest absolute Gasteiger partial charge is 0.106 e. The van der Waals surface area contributed by atoms with Crippen molar-refractivity contribution in [2.75, 3.05) is 5.32 Å². The van der Waals surface area contributed by atoms with Crippen molar-refractivity contribution in [1.82, 2.24) is 4.98 Å². The number of hydrogen-bond acceptors (Lipinski definition) is 4. The van der Waals surface area contributed by atoms with Crippen LogP contribution in [-0.2, 0) is 6.54 Å². The highest BCUT2D eigenvalue weighted by Gasteiger charge is 2.06. The van der Waals surface area contributed by atoms with Crippen LogP contribution in [0, 0.1) is 6.92 Å². The summed E-state index contributed by atoms with van der Waals surface area (Å²) in [7, 11) is 0. The fourth-order valence-corrected chi connectivity index (χ4v) is 2.70. The Bertz CT molecular complexity index is 580. The fraction of sp³-hybridized carbons (Fsp3) is 0.167. The van der Waals surface area contributed by atoms with E-state index in [2.05, 4.69) is 26.2 Å². The maximum Gasteiger partial charge on any atom is 0.106 e. The van der Waals surface area contributed by atoms with Crippen LogP contribution in [-0.4, -0.2) is 9.97 Å². The Balaban J connectivity index is 2.17. The highest BCUT2D eigenvalue weighted by atomic mass is 79.9. The van der Waals surface area contributed by atoms with E-state index in [0.717, 1.165) is 26.4 Å². The number of aryl methyl sites for hydroxylation is 1. The topological polar surface area (TPSA) is 50.9 Å². The van der Waals surface area contributed by atoms with Crippen LogP contribution in [0.25, 0.3) is 0 Å². The molecule has 1 aromatic heterocycles. The number of hydrogen-bond donors (Lipinski definition) is 2. The molecule has 1 heterocycles. The highest BCUT2D eigenvalue weighted by Crippen LogP contribution is 2.22. The largest absolute Gasteiger partial charge is 0.389 e. The first-order valence-electron chi connectivity index (χ1n) is 5.30. The number of benzene rings is 1. The quantitative estimate of drug-likeness (QED) is 0.836. The summed E-state index contributed by atoms with van der Waals surface area (Å²) in [5, 5.41) is 6.42. The maximum absolute atomic E-state index is 5.70. The first-order chi connectivity index (χ1) is 8.56. The van der Waals surface area contributed by atoms with Gasteiger partial charge in [-0.25, -0.2) is 4.98 Å². The van der Waals surface area contributed by atoms with Crippen molar-refractivity contribution in [3.05, 3.63) is 44.3 Å². The molecule has 6 heteroatoms. The summed E-state index contributed by atoms with van der Waals surface area (Å²) in [4.78, 5) is 4.79. The molecule has 0 saturated carbocycles. The molecule has 0 aliphatic rings. The summed E-state index contributed by atoms with van der Waals surface area (Å²) >= 11 is 10.1. The number of nitrogens with zero attached hydrogens (tertiary/aromatic N) is 1. The molecule has 0 atom stereocenters. The van der Waals surface area contributed by atoms with E-state index < -0.39 is 0 Å². The monoisotopic (exact) mass is 341 g/mol. The molecule has 0 fully saturated rings. The van der Waals surface area contributed by atoms with Gasteiger partial charge in [0.15, 0.2) is 0 Å². The molecule has 0 saturated heterocycles. The van der Waals surface area contributed by atoms with Gasteiger partial charge in [0, 0.05) is 21.1 Å². The molecule has 3 nitrogen and oxygen atoms in total. The molecule has 0 spiro atoms. The molecule has 0 bridgehead atoms. The third-order valence-corrected chi connectivity index (χ3v) is 3.91. The Morgan fingerprint density at radius 1 is 1.56 bits per heavy atom. The normalized spacial score (nSPS) is 10.3. The average molecular weight is 342 g/mol. The van der Waals surface area contributed by atoms with Gasteiger partial charge in [0.1, 0.15) is 4.99 Å². The summed E-state index contributed by atoms with van der Waals surface area (Å²) in [6.45, 7) is 2.66. The maximum atomic E-state index is 5.70. The summed E-state index contributed by atoms with van der Waals surface area (Å²) < 4.78 is 0.986. The molecule has 0 radical (unpaired) electrons.